The number of ether oxygens (including phenoxy) is 2. The van der Waals surface area contributed by atoms with Crippen LogP contribution in [-0.2, 0) is 11.2 Å². The van der Waals surface area contributed by atoms with Gasteiger partial charge in [-0.25, -0.2) is 0 Å². The minimum atomic E-state index is -0.333. The van der Waals surface area contributed by atoms with E-state index in [4.69, 9.17) is 9.47 Å². The van der Waals surface area contributed by atoms with Crippen LogP contribution in [0.5, 0.6) is 11.5 Å². The first-order chi connectivity index (χ1) is 13.6. The van der Waals surface area contributed by atoms with E-state index in [1.165, 1.54) is 7.11 Å². The molecule has 3 aromatic rings. The van der Waals surface area contributed by atoms with E-state index in [0.29, 0.717) is 22.7 Å². The number of esters is 1. The molecule has 1 N–H and O–H groups in total. The van der Waals surface area contributed by atoms with E-state index in [1.807, 2.05) is 31.2 Å². The molecule has 0 spiro atoms. The van der Waals surface area contributed by atoms with E-state index >= 15 is 0 Å². The predicted molar refractivity (Wildman–Crippen MR) is 108 cm³/mol. The van der Waals surface area contributed by atoms with Crippen molar-refractivity contribution in [1.82, 2.24) is 0 Å². The Bertz CT molecular complexity index is 980. The molecule has 0 aliphatic carbocycles. The molecule has 0 atom stereocenters. The number of benzene rings is 3. The van der Waals surface area contributed by atoms with Crippen molar-refractivity contribution in [3.63, 3.8) is 0 Å². The molecule has 5 nitrogen and oxygen atoms in total. The molecule has 3 rings (SSSR count). The highest BCUT2D eigenvalue weighted by Gasteiger charge is 2.12. The molecule has 5 heteroatoms. The lowest BCUT2D eigenvalue weighted by atomic mass is 10.1. The minimum absolute atomic E-state index is 0.207. The van der Waals surface area contributed by atoms with Gasteiger partial charge in [0, 0.05) is 5.69 Å². The van der Waals surface area contributed by atoms with Gasteiger partial charge in [0.05, 0.1) is 19.1 Å². The van der Waals surface area contributed by atoms with E-state index in [9.17, 15) is 9.59 Å². The quantitative estimate of drug-likeness (QED) is 0.512. The molecule has 0 bridgehead atoms. The van der Waals surface area contributed by atoms with Crippen molar-refractivity contribution in [3.05, 3.63) is 89.5 Å². The fraction of sp³-hybridized carbons (Fsp3) is 0.130. The Morgan fingerprint density at radius 2 is 1.57 bits per heavy atom. The van der Waals surface area contributed by atoms with Crippen molar-refractivity contribution < 1.29 is 19.1 Å². The molecule has 0 saturated carbocycles. The van der Waals surface area contributed by atoms with Crippen molar-refractivity contribution in [2.45, 2.75) is 13.3 Å². The Morgan fingerprint density at radius 3 is 2.29 bits per heavy atom. The number of amides is 1. The van der Waals surface area contributed by atoms with E-state index in [0.717, 1.165) is 11.1 Å². The van der Waals surface area contributed by atoms with Gasteiger partial charge >= 0.3 is 5.97 Å². The maximum Gasteiger partial charge on any atom is 0.315 e. The summed E-state index contributed by atoms with van der Waals surface area (Å²) >= 11 is 0. The summed E-state index contributed by atoms with van der Waals surface area (Å²) in [6.45, 7) is 1.96. The summed E-state index contributed by atoms with van der Waals surface area (Å²) in [5.74, 6) is 0.317. The number of hydrogen-bond donors (Lipinski definition) is 1. The van der Waals surface area contributed by atoms with Crippen LogP contribution >= 0.6 is 0 Å². The Kier molecular flexibility index (Phi) is 6.07. The summed E-state index contributed by atoms with van der Waals surface area (Å²) in [5, 5.41) is 2.80. The molecule has 0 saturated heterocycles. The topological polar surface area (TPSA) is 64.6 Å². The molecule has 0 unspecified atom stereocenters. The maximum atomic E-state index is 12.4. The molecule has 0 aliphatic heterocycles. The normalized spacial score (nSPS) is 10.2. The van der Waals surface area contributed by atoms with Crippen molar-refractivity contribution in [2.24, 2.45) is 0 Å². The van der Waals surface area contributed by atoms with Gasteiger partial charge in [0.25, 0.3) is 5.91 Å². The Labute approximate surface area is 163 Å². The van der Waals surface area contributed by atoms with Crippen LogP contribution in [0.1, 0.15) is 21.5 Å². The summed E-state index contributed by atoms with van der Waals surface area (Å²) in [6, 6.07) is 21.4. The zero-order valence-corrected chi connectivity index (χ0v) is 15.8. The molecule has 28 heavy (non-hydrogen) atoms. The van der Waals surface area contributed by atoms with Gasteiger partial charge in [-0.15, -0.1) is 0 Å². The third-order valence-electron chi connectivity index (χ3n) is 4.29. The summed E-state index contributed by atoms with van der Waals surface area (Å²) in [6.07, 6.45) is 0.207. The van der Waals surface area contributed by atoms with Gasteiger partial charge in [-0.3, -0.25) is 9.59 Å². The third kappa shape index (κ3) is 4.76. The number of para-hydroxylation sites is 1. The Balaban J connectivity index is 1.61. The number of hydrogen-bond acceptors (Lipinski definition) is 4. The summed E-state index contributed by atoms with van der Waals surface area (Å²) in [5.41, 5.74) is 3.02. The number of nitrogens with one attached hydrogen (secondary N) is 1. The highest BCUT2D eigenvalue weighted by atomic mass is 16.5. The first kappa shape index (κ1) is 19.2. The van der Waals surface area contributed by atoms with E-state index < -0.39 is 0 Å². The van der Waals surface area contributed by atoms with Crippen LogP contribution < -0.4 is 14.8 Å². The highest BCUT2D eigenvalue weighted by molar-refractivity contribution is 6.06. The fourth-order valence-corrected chi connectivity index (χ4v) is 2.77. The van der Waals surface area contributed by atoms with Crippen molar-refractivity contribution in [3.8, 4) is 11.5 Å². The molecule has 0 aliphatic rings. The number of carbonyl (C=O) groups excluding carboxylic acids is 2. The predicted octanol–water partition coefficient (Wildman–Crippen LogP) is 4.40. The van der Waals surface area contributed by atoms with Gasteiger partial charge < -0.3 is 14.8 Å². The SMILES string of the molecule is COc1ccccc1C(=O)Nc1ccc(OC(=O)Cc2ccccc2C)cc1. The highest BCUT2D eigenvalue weighted by Crippen LogP contribution is 2.21. The fourth-order valence-electron chi connectivity index (χ4n) is 2.77. The maximum absolute atomic E-state index is 12.4. The van der Waals surface area contributed by atoms with E-state index in [-0.39, 0.29) is 18.3 Å². The smallest absolute Gasteiger partial charge is 0.315 e. The van der Waals surface area contributed by atoms with Crippen molar-refractivity contribution in [2.75, 3.05) is 12.4 Å². The van der Waals surface area contributed by atoms with Gasteiger partial charge in [-0.05, 0) is 54.4 Å². The summed E-state index contributed by atoms with van der Waals surface area (Å²) in [7, 11) is 1.52. The Morgan fingerprint density at radius 1 is 0.893 bits per heavy atom. The van der Waals surface area contributed by atoms with Crippen molar-refractivity contribution >= 4 is 17.6 Å². The molecule has 142 valence electrons. The standard InChI is InChI=1S/C23H21NO4/c1-16-7-3-4-8-17(16)15-22(25)28-19-13-11-18(12-14-19)24-23(26)20-9-5-6-10-21(20)27-2/h3-14H,15H2,1-2H3,(H,24,26). The second-order valence-electron chi connectivity index (χ2n) is 6.26. The van der Waals surface area contributed by atoms with Crippen molar-refractivity contribution in [1.29, 1.82) is 0 Å². The van der Waals surface area contributed by atoms with Crippen LogP contribution in [-0.4, -0.2) is 19.0 Å². The largest absolute Gasteiger partial charge is 0.496 e. The molecule has 1 amide bonds. The van der Waals surface area contributed by atoms with Crippen LogP contribution in [0, 0.1) is 6.92 Å². The van der Waals surface area contributed by atoms with Crippen LogP contribution in [0.4, 0.5) is 5.69 Å². The zero-order chi connectivity index (χ0) is 19.9. The lowest BCUT2D eigenvalue weighted by Gasteiger charge is -2.10. The molecule has 0 aromatic heterocycles. The lowest BCUT2D eigenvalue weighted by Crippen LogP contribution is -2.13. The first-order valence-corrected chi connectivity index (χ1v) is 8.86. The molecule has 3 aromatic carbocycles. The van der Waals surface area contributed by atoms with Crippen LogP contribution in [0.2, 0.25) is 0 Å². The summed E-state index contributed by atoms with van der Waals surface area (Å²) < 4.78 is 10.6. The van der Waals surface area contributed by atoms with Gasteiger partial charge in [-0.2, -0.15) is 0 Å². The summed E-state index contributed by atoms with van der Waals surface area (Å²) in [4.78, 5) is 24.6. The molecule has 0 fully saturated rings. The lowest BCUT2D eigenvalue weighted by molar-refractivity contribution is -0.133. The number of rotatable bonds is 6. The monoisotopic (exact) mass is 375 g/mol. The number of anilines is 1. The molecular formula is C23H21NO4. The van der Waals surface area contributed by atoms with Gasteiger partial charge in [0.2, 0.25) is 0 Å². The van der Waals surface area contributed by atoms with Crippen LogP contribution in [0.15, 0.2) is 72.8 Å². The van der Waals surface area contributed by atoms with Crippen LogP contribution in [0.3, 0.4) is 0 Å². The Hall–Kier alpha value is -3.60. The number of methoxy groups -OCH3 is 1. The van der Waals surface area contributed by atoms with Gasteiger partial charge in [0.15, 0.2) is 0 Å². The number of aryl methyl sites for hydroxylation is 1. The average molecular weight is 375 g/mol. The molecular weight excluding hydrogens is 354 g/mol. The van der Waals surface area contributed by atoms with Crippen LogP contribution in [0.25, 0.3) is 0 Å². The second-order valence-corrected chi connectivity index (χ2v) is 6.26. The zero-order valence-electron chi connectivity index (χ0n) is 15.8. The average Bonchev–Trinajstić information content (AvgIpc) is 2.71. The van der Waals surface area contributed by atoms with E-state index in [1.54, 1.807) is 48.5 Å². The second kappa shape index (κ2) is 8.86. The van der Waals surface area contributed by atoms with Gasteiger partial charge in [0.1, 0.15) is 11.5 Å². The van der Waals surface area contributed by atoms with Gasteiger partial charge in [-0.1, -0.05) is 36.4 Å². The molecule has 0 radical (unpaired) electrons. The number of carbonyl (C=O) groups is 2. The van der Waals surface area contributed by atoms with E-state index in [2.05, 4.69) is 5.32 Å². The first-order valence-electron chi connectivity index (χ1n) is 8.86. The minimum Gasteiger partial charge on any atom is -0.496 e. The molecule has 0 heterocycles. The third-order valence-corrected chi connectivity index (χ3v) is 4.29.